The quantitative estimate of drug-likeness (QED) is 0.286. The second-order valence-corrected chi connectivity index (χ2v) is 10.2. The Morgan fingerprint density at radius 1 is 1.21 bits per heavy atom. The molecule has 0 radical (unpaired) electrons. The van der Waals surface area contributed by atoms with Gasteiger partial charge in [-0.25, -0.2) is 15.0 Å². The van der Waals surface area contributed by atoms with Crippen LogP contribution in [0.5, 0.6) is 0 Å². The Hall–Kier alpha value is -2.44. The fourth-order valence-corrected chi connectivity index (χ4v) is 5.07. The maximum absolute atomic E-state index is 11.8. The number of hydrogen-bond donors (Lipinski definition) is 5. The number of aromatic nitrogens is 4. The van der Waals surface area contributed by atoms with Gasteiger partial charge in [0.05, 0.1) is 6.33 Å². The summed E-state index contributed by atoms with van der Waals surface area (Å²) >= 11 is 0. The van der Waals surface area contributed by atoms with E-state index in [0.717, 1.165) is 25.5 Å². The average Bonchev–Trinajstić information content (AvgIpc) is 3.52. The summed E-state index contributed by atoms with van der Waals surface area (Å²) < 4.78 is 23.9. The number of hydrogen-bond acceptors (Lipinski definition) is 9. The number of aliphatic hydroxyl groups is 2. The zero-order chi connectivity index (χ0) is 24.0. The Bertz CT molecular complexity index is 1210. The third-order valence-electron chi connectivity index (χ3n) is 6.09. The third kappa shape index (κ3) is 4.34. The summed E-state index contributed by atoms with van der Waals surface area (Å²) in [5, 5.41) is 24.5. The summed E-state index contributed by atoms with van der Waals surface area (Å²) in [4.78, 5) is 32.9. The number of aliphatic hydroxyl groups excluding tert-OH is 2. The Balaban J connectivity index is 1.49. The highest BCUT2D eigenvalue weighted by atomic mass is 31.2. The van der Waals surface area contributed by atoms with Crippen LogP contribution < -0.4 is 5.32 Å². The molecule has 0 amide bonds. The number of fused-ring (bicyclic) bond motifs is 1. The van der Waals surface area contributed by atoms with Crippen LogP contribution in [0.1, 0.15) is 36.4 Å². The van der Waals surface area contributed by atoms with Crippen LogP contribution >= 0.6 is 7.60 Å². The van der Waals surface area contributed by atoms with Gasteiger partial charge in [-0.2, -0.15) is 0 Å². The van der Waals surface area contributed by atoms with E-state index in [0.29, 0.717) is 29.4 Å². The lowest BCUT2D eigenvalue weighted by molar-refractivity contribution is -0.0761. The van der Waals surface area contributed by atoms with Gasteiger partial charge in [-0.1, -0.05) is 30.3 Å². The van der Waals surface area contributed by atoms with Crippen LogP contribution in [0.15, 0.2) is 36.7 Å². The Kier molecular flexibility index (Phi) is 6.15. The lowest BCUT2D eigenvalue weighted by atomic mass is 10.1. The molecule has 1 saturated heterocycles. The van der Waals surface area contributed by atoms with Gasteiger partial charge in [-0.3, -0.25) is 9.13 Å². The molecule has 1 saturated carbocycles. The Labute approximate surface area is 194 Å². The summed E-state index contributed by atoms with van der Waals surface area (Å²) in [5.74, 6) is -0.342. The van der Waals surface area contributed by atoms with Gasteiger partial charge < -0.3 is 34.8 Å². The first-order valence-corrected chi connectivity index (χ1v) is 12.6. The molecule has 12 nitrogen and oxygen atoms in total. The number of anilines is 1. The molecule has 182 valence electrons. The molecule has 1 aliphatic carbocycles. The van der Waals surface area contributed by atoms with E-state index in [4.69, 9.17) is 9.47 Å². The first kappa shape index (κ1) is 23.3. The molecule has 1 aliphatic heterocycles. The van der Waals surface area contributed by atoms with Gasteiger partial charge in [0.25, 0.3) is 0 Å². The third-order valence-corrected chi connectivity index (χ3v) is 7.26. The Morgan fingerprint density at radius 2 is 1.94 bits per heavy atom. The van der Waals surface area contributed by atoms with E-state index in [2.05, 4.69) is 20.3 Å². The van der Waals surface area contributed by atoms with Crippen LogP contribution in [0.4, 0.5) is 5.82 Å². The predicted molar refractivity (Wildman–Crippen MR) is 120 cm³/mol. The molecule has 1 unspecified atom stereocenters. The topological polar surface area (TPSA) is 172 Å². The van der Waals surface area contributed by atoms with E-state index >= 15 is 0 Å². The molecule has 0 spiro atoms. The van der Waals surface area contributed by atoms with Crippen LogP contribution in [0.3, 0.4) is 0 Å². The average molecular weight is 491 g/mol. The maximum atomic E-state index is 11.8. The molecule has 13 heteroatoms. The van der Waals surface area contributed by atoms with Crippen LogP contribution in [-0.2, 0) is 20.6 Å². The second kappa shape index (κ2) is 8.97. The number of ether oxygens (including phenoxy) is 2. The second-order valence-electron chi connectivity index (χ2n) is 8.56. The first-order valence-electron chi connectivity index (χ1n) is 10.9. The van der Waals surface area contributed by atoms with Crippen molar-refractivity contribution in [3.63, 3.8) is 0 Å². The summed E-state index contributed by atoms with van der Waals surface area (Å²) in [6.07, 6.45) is -2.38. The van der Waals surface area contributed by atoms with E-state index in [1.54, 1.807) is 0 Å². The van der Waals surface area contributed by atoms with Crippen molar-refractivity contribution in [2.24, 2.45) is 0 Å². The van der Waals surface area contributed by atoms with Gasteiger partial charge in [0.15, 0.2) is 29.1 Å². The Morgan fingerprint density at radius 3 is 2.59 bits per heavy atom. The first-order chi connectivity index (χ1) is 16.3. The van der Waals surface area contributed by atoms with Crippen molar-refractivity contribution in [2.45, 2.75) is 55.7 Å². The molecule has 2 fully saturated rings. The predicted octanol–water partition coefficient (Wildman–Crippen LogP) is 1.09. The van der Waals surface area contributed by atoms with Crippen molar-refractivity contribution in [1.82, 2.24) is 19.5 Å². The van der Waals surface area contributed by atoms with E-state index < -0.39 is 38.0 Å². The minimum Gasteiger partial charge on any atom is -0.387 e. The highest BCUT2D eigenvalue weighted by Gasteiger charge is 2.52. The van der Waals surface area contributed by atoms with E-state index in [-0.39, 0.29) is 5.92 Å². The zero-order valence-corrected chi connectivity index (χ0v) is 19.2. The van der Waals surface area contributed by atoms with Crippen LogP contribution in [-0.4, -0.2) is 70.8 Å². The number of imidazole rings is 1. The standard InChI is InChI=1S/C21H26N5O7P/c1-32-21(34(29,30)31)16-14(27)15(28)20(33-16)26-10-23-13-18(22-9-11-5-3-2-4-6-11)24-17(12-7-8-12)25-19(13)26/h2-6,10,12,14-16,20-21,27-28H,7-9H2,1H3,(H,22,24,25)(H2,29,30,31)/t14-,15+,16+,20+,21?/m0/s1. The zero-order valence-electron chi connectivity index (χ0n) is 18.3. The highest BCUT2D eigenvalue weighted by molar-refractivity contribution is 7.52. The van der Waals surface area contributed by atoms with Crippen molar-refractivity contribution < 1.29 is 34.0 Å². The number of nitrogens with one attached hydrogen (secondary N) is 1. The number of nitrogens with zero attached hydrogens (tertiary/aromatic N) is 4. The minimum atomic E-state index is -4.78. The van der Waals surface area contributed by atoms with Gasteiger partial charge in [0.2, 0.25) is 0 Å². The molecule has 2 aromatic heterocycles. The van der Waals surface area contributed by atoms with E-state index in [9.17, 15) is 24.6 Å². The maximum Gasteiger partial charge on any atom is 0.356 e. The lowest BCUT2D eigenvalue weighted by Crippen LogP contribution is -2.39. The summed E-state index contributed by atoms with van der Waals surface area (Å²) in [6, 6.07) is 9.81. The molecule has 5 N–H and O–H groups in total. The fraction of sp³-hybridized carbons (Fsp3) is 0.476. The van der Waals surface area contributed by atoms with Gasteiger partial charge in [0, 0.05) is 19.6 Å². The van der Waals surface area contributed by atoms with Crippen LogP contribution in [0, 0.1) is 0 Å². The van der Waals surface area contributed by atoms with Crippen molar-refractivity contribution in [3.05, 3.63) is 48.0 Å². The number of methoxy groups -OCH3 is 1. The molecule has 0 bridgehead atoms. The smallest absolute Gasteiger partial charge is 0.356 e. The molecule has 5 atom stereocenters. The molecule has 2 aliphatic rings. The highest BCUT2D eigenvalue weighted by Crippen LogP contribution is 2.48. The molecule has 34 heavy (non-hydrogen) atoms. The molecular formula is C21H26N5O7P. The monoisotopic (exact) mass is 491 g/mol. The van der Waals surface area contributed by atoms with Crippen molar-refractivity contribution in [2.75, 3.05) is 12.4 Å². The molecule has 5 rings (SSSR count). The van der Waals surface area contributed by atoms with Crippen LogP contribution in [0.25, 0.3) is 11.2 Å². The van der Waals surface area contributed by atoms with Crippen molar-refractivity contribution in [3.8, 4) is 0 Å². The summed E-state index contributed by atoms with van der Waals surface area (Å²) in [6.45, 7) is 0.519. The lowest BCUT2D eigenvalue weighted by Gasteiger charge is -2.24. The molecule has 3 heterocycles. The van der Waals surface area contributed by atoms with E-state index in [1.807, 2.05) is 30.3 Å². The summed E-state index contributed by atoms with van der Waals surface area (Å²) in [7, 11) is -3.67. The molecule has 1 aromatic carbocycles. The SMILES string of the molecule is COC([C@@H]1O[C@@H](n2cnc3c(NCc4ccccc4)nc(C4CC4)nc32)[C@H](O)[C@@H]1O)P(=O)(O)O. The minimum absolute atomic E-state index is 0.227. The fourth-order valence-electron chi connectivity index (χ4n) is 4.16. The van der Waals surface area contributed by atoms with Crippen molar-refractivity contribution in [1.29, 1.82) is 0 Å². The molecular weight excluding hydrogens is 465 g/mol. The van der Waals surface area contributed by atoms with Gasteiger partial charge in [-0.15, -0.1) is 0 Å². The van der Waals surface area contributed by atoms with Gasteiger partial charge in [0.1, 0.15) is 24.1 Å². The molecule has 3 aromatic rings. The number of benzene rings is 1. The van der Waals surface area contributed by atoms with Gasteiger partial charge in [-0.05, 0) is 18.4 Å². The van der Waals surface area contributed by atoms with Crippen LogP contribution in [0.2, 0.25) is 0 Å². The summed E-state index contributed by atoms with van der Waals surface area (Å²) in [5.41, 5.74) is 1.90. The van der Waals surface area contributed by atoms with Gasteiger partial charge >= 0.3 is 7.60 Å². The largest absolute Gasteiger partial charge is 0.387 e. The van der Waals surface area contributed by atoms with E-state index in [1.165, 1.54) is 10.9 Å². The normalized spacial score (nSPS) is 26.1. The van der Waals surface area contributed by atoms with Crippen molar-refractivity contribution >= 4 is 24.6 Å². The number of rotatable bonds is 8.